The van der Waals surface area contributed by atoms with Gasteiger partial charge in [0.15, 0.2) is 0 Å². The van der Waals surface area contributed by atoms with Crippen LogP contribution in [0.25, 0.3) is 0 Å². The molecular weight excluding hydrogens is 321 g/mol. The third kappa shape index (κ3) is 26.5. The van der Waals surface area contributed by atoms with E-state index in [2.05, 4.69) is 13.8 Å². The molecule has 0 nitrogen and oxygen atoms in total. The zero-order valence-electron chi connectivity index (χ0n) is 6.08. The fourth-order valence-electron chi connectivity index (χ4n) is 0.500. The smallest absolute Gasteiger partial charge is 0 e. The predicted molar refractivity (Wildman–Crippen MR) is 29.8 cm³/mol. The molecule has 0 saturated heterocycles. The Balaban J connectivity index is -0.0000000417. The van der Waals surface area contributed by atoms with E-state index in [0.717, 1.165) is 0 Å². The number of halogens is 2. The number of hydrogen-bond acceptors (Lipinski definition) is 0. The molecule has 0 aliphatic heterocycles. The predicted octanol–water partition coefficient (Wildman–Crippen LogP) is -3.41. The second-order valence-electron chi connectivity index (χ2n) is 1.71. The van der Waals surface area contributed by atoms with Crippen molar-refractivity contribution in [1.29, 1.82) is 0 Å². The summed E-state index contributed by atoms with van der Waals surface area (Å²) in [5, 5.41) is 0. The third-order valence-corrected chi connectivity index (χ3v) is 0.957. The molecule has 0 fully saturated rings. The minimum Gasteiger partial charge on any atom is -1.00 e. The Morgan fingerprint density at radius 3 is 1.11 bits per heavy atom. The van der Waals surface area contributed by atoms with Crippen molar-refractivity contribution in [2.24, 2.45) is 0 Å². The van der Waals surface area contributed by atoms with Crippen LogP contribution in [0.3, 0.4) is 0 Å². The van der Waals surface area contributed by atoms with Crippen molar-refractivity contribution in [3.8, 4) is 0 Å². The molecule has 0 radical (unpaired) electrons. The molecule has 0 aromatic rings. The van der Waals surface area contributed by atoms with E-state index in [4.69, 9.17) is 0 Å². The maximum absolute atomic E-state index is 2.23. The minimum absolute atomic E-state index is 0. The van der Waals surface area contributed by atoms with Crippen LogP contribution >= 0.6 is 0 Å². The van der Waals surface area contributed by atoms with Gasteiger partial charge in [-0.15, -0.1) is 0 Å². The second-order valence-corrected chi connectivity index (χ2v) is 1.71. The fraction of sp³-hybridized carbons (Fsp3) is 1.00. The molecule has 0 aromatic carbocycles. The van der Waals surface area contributed by atoms with E-state index >= 15 is 0 Å². The van der Waals surface area contributed by atoms with Crippen molar-refractivity contribution >= 4 is 0 Å². The SMILES string of the molecule is CCCCCC.[Cl-].[Cl-].[Hf]. The zero-order valence-corrected chi connectivity index (χ0v) is 11.2. The summed E-state index contributed by atoms with van der Waals surface area (Å²) in [7, 11) is 0. The quantitative estimate of drug-likeness (QED) is 0.373. The summed E-state index contributed by atoms with van der Waals surface area (Å²) in [5.41, 5.74) is 0. The summed E-state index contributed by atoms with van der Waals surface area (Å²) in [4.78, 5) is 0. The van der Waals surface area contributed by atoms with Crippen LogP contribution in [-0.4, -0.2) is 0 Å². The largest absolute Gasteiger partial charge is 1.00 e. The van der Waals surface area contributed by atoms with Crippen LogP contribution < -0.4 is 24.8 Å². The van der Waals surface area contributed by atoms with Gasteiger partial charge in [0, 0.05) is 25.8 Å². The van der Waals surface area contributed by atoms with Gasteiger partial charge in [0.05, 0.1) is 0 Å². The number of unbranched alkanes of at least 4 members (excludes halogenated alkanes) is 3. The topological polar surface area (TPSA) is 0 Å². The van der Waals surface area contributed by atoms with Gasteiger partial charge in [-0.1, -0.05) is 39.5 Å². The van der Waals surface area contributed by atoms with Crippen molar-refractivity contribution < 1.29 is 50.7 Å². The first-order chi connectivity index (χ1) is 2.91. The standard InChI is InChI=1S/C6H14.2ClH.Hf/c1-3-5-6-4-2;;;/h3-6H2,1-2H3;2*1H;/p-2. The van der Waals surface area contributed by atoms with Gasteiger partial charge in [-0.25, -0.2) is 0 Å². The molecule has 0 aliphatic carbocycles. The Kier molecular flexibility index (Phi) is 56.6. The van der Waals surface area contributed by atoms with Gasteiger partial charge >= 0.3 is 0 Å². The van der Waals surface area contributed by atoms with Crippen LogP contribution in [0.2, 0.25) is 0 Å². The molecule has 0 atom stereocenters. The van der Waals surface area contributed by atoms with Crippen LogP contribution in [0.5, 0.6) is 0 Å². The summed E-state index contributed by atoms with van der Waals surface area (Å²) >= 11 is 0. The van der Waals surface area contributed by atoms with Gasteiger partial charge in [-0.05, 0) is 0 Å². The maximum atomic E-state index is 2.23. The number of hydrogen-bond donors (Lipinski definition) is 0. The van der Waals surface area contributed by atoms with Crippen LogP contribution in [0, 0.1) is 0 Å². The first-order valence-corrected chi connectivity index (χ1v) is 2.91. The van der Waals surface area contributed by atoms with Crippen LogP contribution in [0.15, 0.2) is 0 Å². The van der Waals surface area contributed by atoms with Gasteiger partial charge in [0.25, 0.3) is 0 Å². The first kappa shape index (κ1) is 22.4. The Bertz CT molecular complexity index is 23.0. The van der Waals surface area contributed by atoms with Crippen molar-refractivity contribution in [1.82, 2.24) is 0 Å². The first-order valence-electron chi connectivity index (χ1n) is 2.91. The summed E-state index contributed by atoms with van der Waals surface area (Å²) in [6.07, 6.45) is 5.54. The molecular formula is C6H14Cl2Hf-2. The summed E-state index contributed by atoms with van der Waals surface area (Å²) in [6.45, 7) is 4.46. The average molecular weight is 336 g/mol. The molecule has 0 N–H and O–H groups in total. The van der Waals surface area contributed by atoms with E-state index in [-0.39, 0.29) is 50.7 Å². The Morgan fingerprint density at radius 1 is 0.778 bits per heavy atom. The molecule has 9 heavy (non-hydrogen) atoms. The van der Waals surface area contributed by atoms with E-state index in [9.17, 15) is 0 Å². The number of rotatable bonds is 3. The van der Waals surface area contributed by atoms with Gasteiger partial charge in [0.2, 0.25) is 0 Å². The van der Waals surface area contributed by atoms with Crippen molar-refractivity contribution in [3.05, 3.63) is 0 Å². The molecule has 0 unspecified atom stereocenters. The van der Waals surface area contributed by atoms with E-state index in [1.54, 1.807) is 0 Å². The molecule has 0 rings (SSSR count). The Hall–Kier alpha value is 1.45. The van der Waals surface area contributed by atoms with E-state index in [1.165, 1.54) is 25.7 Å². The van der Waals surface area contributed by atoms with E-state index < -0.39 is 0 Å². The molecule has 58 valence electrons. The van der Waals surface area contributed by atoms with E-state index in [0.29, 0.717) is 0 Å². The molecule has 0 bridgehead atoms. The van der Waals surface area contributed by atoms with Gasteiger partial charge in [0.1, 0.15) is 0 Å². The third-order valence-electron chi connectivity index (χ3n) is 0.957. The molecule has 0 aromatic heterocycles. The van der Waals surface area contributed by atoms with Crippen molar-refractivity contribution in [2.75, 3.05) is 0 Å². The zero-order chi connectivity index (χ0) is 4.83. The van der Waals surface area contributed by atoms with Gasteiger partial charge < -0.3 is 24.8 Å². The molecule has 0 heterocycles. The van der Waals surface area contributed by atoms with Crippen LogP contribution in [0.1, 0.15) is 39.5 Å². The summed E-state index contributed by atoms with van der Waals surface area (Å²) in [5.74, 6) is 0. The molecule has 0 saturated carbocycles. The summed E-state index contributed by atoms with van der Waals surface area (Å²) in [6, 6.07) is 0. The Morgan fingerprint density at radius 2 is 1.00 bits per heavy atom. The van der Waals surface area contributed by atoms with Gasteiger partial charge in [-0.3, -0.25) is 0 Å². The maximum Gasteiger partial charge on any atom is 0 e. The van der Waals surface area contributed by atoms with Gasteiger partial charge in [-0.2, -0.15) is 0 Å². The molecule has 0 amide bonds. The fourth-order valence-corrected chi connectivity index (χ4v) is 0.500. The normalized spacial score (nSPS) is 6.00. The van der Waals surface area contributed by atoms with Crippen LogP contribution in [-0.2, 0) is 25.8 Å². The van der Waals surface area contributed by atoms with Crippen molar-refractivity contribution in [2.45, 2.75) is 39.5 Å². The molecule has 3 heteroatoms. The second kappa shape index (κ2) is 22.7. The molecule has 0 aliphatic rings. The Labute approximate surface area is 89.8 Å². The van der Waals surface area contributed by atoms with Crippen LogP contribution in [0.4, 0.5) is 0 Å². The minimum atomic E-state index is 0. The summed E-state index contributed by atoms with van der Waals surface area (Å²) < 4.78 is 0. The molecule has 0 spiro atoms. The average Bonchev–Trinajstić information content (AvgIpc) is 1.61. The van der Waals surface area contributed by atoms with Crippen molar-refractivity contribution in [3.63, 3.8) is 0 Å². The van der Waals surface area contributed by atoms with E-state index in [1.807, 2.05) is 0 Å². The monoisotopic (exact) mass is 336 g/mol.